The third kappa shape index (κ3) is 2.86. The van der Waals surface area contributed by atoms with E-state index in [-0.39, 0.29) is 0 Å². The molecule has 0 radical (unpaired) electrons. The normalized spacial score (nSPS) is 11.2. The minimum atomic E-state index is 0.388. The van der Waals surface area contributed by atoms with Crippen LogP contribution in [0.4, 0.5) is 0 Å². The molecular formula is C23H19N5O. The molecule has 29 heavy (non-hydrogen) atoms. The molecule has 1 N–H and O–H groups in total. The van der Waals surface area contributed by atoms with Gasteiger partial charge >= 0.3 is 0 Å². The molecule has 0 bridgehead atoms. The number of hydrogen-bond donors (Lipinski definition) is 1. The molecule has 6 nitrogen and oxygen atoms in total. The average molecular weight is 381 g/mol. The minimum absolute atomic E-state index is 0.388. The molecule has 0 saturated carbocycles. The Hall–Kier alpha value is -3.93. The molecule has 0 spiro atoms. The molecule has 0 fully saturated rings. The molecule has 2 aromatic carbocycles. The molecule has 142 valence electrons. The van der Waals surface area contributed by atoms with Crippen LogP contribution in [-0.2, 0) is 6.54 Å². The van der Waals surface area contributed by atoms with Crippen molar-refractivity contribution in [3.63, 3.8) is 0 Å². The lowest BCUT2D eigenvalue weighted by molar-refractivity contribution is 0.408. The number of methoxy groups -OCH3 is 1. The van der Waals surface area contributed by atoms with Crippen LogP contribution in [0.15, 0.2) is 79.3 Å². The maximum atomic E-state index is 8.70. The van der Waals surface area contributed by atoms with Crippen LogP contribution in [0.1, 0.15) is 5.56 Å². The van der Waals surface area contributed by atoms with Gasteiger partial charge in [-0.2, -0.15) is 5.10 Å². The van der Waals surface area contributed by atoms with E-state index in [1.54, 1.807) is 13.3 Å². The second kappa shape index (κ2) is 6.91. The molecule has 0 atom stereocenters. The summed E-state index contributed by atoms with van der Waals surface area (Å²) in [5.41, 5.74) is 5.10. The van der Waals surface area contributed by atoms with Crippen molar-refractivity contribution in [3.8, 4) is 16.9 Å². The summed E-state index contributed by atoms with van der Waals surface area (Å²) in [5.74, 6) is 0.813. The number of aromatic nitrogens is 4. The van der Waals surface area contributed by atoms with E-state index < -0.39 is 0 Å². The third-order valence-electron chi connectivity index (χ3n) is 5.14. The quantitative estimate of drug-likeness (QED) is 0.514. The first-order valence-electron chi connectivity index (χ1n) is 9.34. The first-order chi connectivity index (χ1) is 14.3. The van der Waals surface area contributed by atoms with Gasteiger partial charge < -0.3 is 9.30 Å². The summed E-state index contributed by atoms with van der Waals surface area (Å²) < 4.78 is 9.14. The Labute approximate surface area is 167 Å². The summed E-state index contributed by atoms with van der Waals surface area (Å²) >= 11 is 0. The molecular weight excluding hydrogens is 362 g/mol. The summed E-state index contributed by atoms with van der Waals surface area (Å²) in [4.78, 5) is 4.63. The maximum absolute atomic E-state index is 8.70. The zero-order chi connectivity index (χ0) is 19.8. The second-order valence-corrected chi connectivity index (χ2v) is 6.82. The van der Waals surface area contributed by atoms with E-state index in [0.717, 1.165) is 39.0 Å². The zero-order valence-corrected chi connectivity index (χ0v) is 15.9. The van der Waals surface area contributed by atoms with Crippen molar-refractivity contribution in [2.24, 2.45) is 0 Å². The minimum Gasteiger partial charge on any atom is -0.496 e. The van der Waals surface area contributed by atoms with Gasteiger partial charge in [-0.3, -0.25) is 5.41 Å². The highest BCUT2D eigenvalue weighted by Gasteiger charge is 2.12. The summed E-state index contributed by atoms with van der Waals surface area (Å²) in [5, 5.41) is 14.0. The predicted octanol–water partition coefficient (Wildman–Crippen LogP) is 3.89. The first-order valence-corrected chi connectivity index (χ1v) is 9.34. The fourth-order valence-corrected chi connectivity index (χ4v) is 3.65. The number of hydrogen-bond acceptors (Lipinski definition) is 4. The van der Waals surface area contributed by atoms with Crippen molar-refractivity contribution in [1.82, 2.24) is 19.2 Å². The van der Waals surface area contributed by atoms with Crippen LogP contribution in [0.25, 0.3) is 27.7 Å². The number of nitrogens with one attached hydrogen (secondary N) is 1. The third-order valence-corrected chi connectivity index (χ3v) is 5.14. The number of para-hydroxylation sites is 1. The SMILES string of the molecule is COc1ccccc1Cn1ccc2c(cnc3c(-c4ccccc4)cnn32)c1=N. The molecule has 0 amide bonds. The molecule has 0 aliphatic heterocycles. The zero-order valence-electron chi connectivity index (χ0n) is 15.9. The Kier molecular flexibility index (Phi) is 4.09. The van der Waals surface area contributed by atoms with Gasteiger partial charge in [0.15, 0.2) is 5.65 Å². The van der Waals surface area contributed by atoms with Gasteiger partial charge in [-0.25, -0.2) is 9.50 Å². The number of pyridine rings is 1. The second-order valence-electron chi connectivity index (χ2n) is 6.82. The summed E-state index contributed by atoms with van der Waals surface area (Å²) in [6.07, 6.45) is 5.51. The predicted molar refractivity (Wildman–Crippen MR) is 112 cm³/mol. The van der Waals surface area contributed by atoms with Crippen LogP contribution < -0.4 is 10.2 Å². The Bertz CT molecular complexity index is 1390. The standard InChI is InChI=1S/C23H19N5O/c1-29-21-10-6-5-9-17(21)15-27-12-11-20-19(22(27)24)13-25-23-18(14-26-28(20)23)16-7-3-2-4-8-16/h2-14,24H,15H2,1H3. The molecule has 0 aliphatic rings. The molecule has 0 unspecified atom stereocenters. The van der Waals surface area contributed by atoms with Crippen LogP contribution in [0.2, 0.25) is 0 Å². The summed E-state index contributed by atoms with van der Waals surface area (Å²) in [7, 11) is 1.66. The van der Waals surface area contributed by atoms with E-state index in [9.17, 15) is 0 Å². The van der Waals surface area contributed by atoms with Crippen molar-refractivity contribution in [3.05, 3.63) is 90.3 Å². The van der Waals surface area contributed by atoms with Crippen molar-refractivity contribution in [2.45, 2.75) is 6.54 Å². The van der Waals surface area contributed by atoms with Crippen LogP contribution in [0.3, 0.4) is 0 Å². The number of fused-ring (bicyclic) bond motifs is 3. The molecule has 3 aromatic heterocycles. The number of rotatable bonds is 4. The fraction of sp³-hybridized carbons (Fsp3) is 0.0870. The van der Waals surface area contributed by atoms with E-state index >= 15 is 0 Å². The Morgan fingerprint density at radius 2 is 1.76 bits per heavy atom. The highest BCUT2D eigenvalue weighted by molar-refractivity contribution is 5.84. The van der Waals surface area contributed by atoms with Gasteiger partial charge in [0.05, 0.1) is 30.8 Å². The Morgan fingerprint density at radius 3 is 2.59 bits per heavy atom. The van der Waals surface area contributed by atoms with Gasteiger partial charge in [0.1, 0.15) is 11.2 Å². The van der Waals surface area contributed by atoms with Crippen molar-refractivity contribution in [2.75, 3.05) is 7.11 Å². The molecule has 5 rings (SSSR count). The van der Waals surface area contributed by atoms with Gasteiger partial charge in [-0.15, -0.1) is 0 Å². The monoisotopic (exact) mass is 381 g/mol. The van der Waals surface area contributed by atoms with E-state index in [1.807, 2.05) is 82.1 Å². The average Bonchev–Trinajstić information content (AvgIpc) is 3.21. The lowest BCUT2D eigenvalue weighted by Gasteiger charge is -2.12. The van der Waals surface area contributed by atoms with E-state index in [2.05, 4.69) is 10.1 Å². The number of nitrogens with zero attached hydrogens (tertiary/aromatic N) is 4. The lowest BCUT2D eigenvalue weighted by Crippen LogP contribution is -2.21. The first kappa shape index (κ1) is 17.2. The van der Waals surface area contributed by atoms with Gasteiger partial charge in [-0.1, -0.05) is 48.5 Å². The summed E-state index contributed by atoms with van der Waals surface area (Å²) in [6, 6.07) is 19.9. The number of benzene rings is 2. The highest BCUT2D eigenvalue weighted by atomic mass is 16.5. The molecule has 0 saturated heterocycles. The molecule has 0 aliphatic carbocycles. The highest BCUT2D eigenvalue weighted by Crippen LogP contribution is 2.25. The Morgan fingerprint density at radius 1 is 0.966 bits per heavy atom. The molecule has 3 heterocycles. The Balaban J connectivity index is 1.63. The number of ether oxygens (including phenoxy) is 1. The molecule has 5 aromatic rings. The molecule has 6 heteroatoms. The van der Waals surface area contributed by atoms with E-state index in [4.69, 9.17) is 10.1 Å². The van der Waals surface area contributed by atoms with Gasteiger partial charge in [-0.05, 0) is 17.7 Å². The van der Waals surface area contributed by atoms with E-state index in [0.29, 0.717) is 12.0 Å². The van der Waals surface area contributed by atoms with Crippen LogP contribution >= 0.6 is 0 Å². The van der Waals surface area contributed by atoms with Crippen molar-refractivity contribution in [1.29, 1.82) is 5.41 Å². The summed E-state index contributed by atoms with van der Waals surface area (Å²) in [6.45, 7) is 0.547. The van der Waals surface area contributed by atoms with Crippen LogP contribution in [0.5, 0.6) is 5.75 Å². The van der Waals surface area contributed by atoms with Crippen molar-refractivity contribution < 1.29 is 4.74 Å². The van der Waals surface area contributed by atoms with Gasteiger partial charge in [0.2, 0.25) is 0 Å². The largest absolute Gasteiger partial charge is 0.496 e. The lowest BCUT2D eigenvalue weighted by atomic mass is 10.1. The van der Waals surface area contributed by atoms with Crippen LogP contribution in [0, 0.1) is 5.41 Å². The van der Waals surface area contributed by atoms with Crippen molar-refractivity contribution >= 4 is 16.6 Å². The smallest absolute Gasteiger partial charge is 0.163 e. The fourth-order valence-electron chi connectivity index (χ4n) is 3.65. The van der Waals surface area contributed by atoms with E-state index in [1.165, 1.54) is 0 Å². The van der Waals surface area contributed by atoms with Crippen LogP contribution in [-0.4, -0.2) is 26.3 Å². The maximum Gasteiger partial charge on any atom is 0.163 e. The van der Waals surface area contributed by atoms with Gasteiger partial charge in [0.25, 0.3) is 0 Å². The topological polar surface area (TPSA) is 68.2 Å². The van der Waals surface area contributed by atoms with Gasteiger partial charge in [0, 0.05) is 23.5 Å².